The zero-order valence-corrected chi connectivity index (χ0v) is 10.7. The molecule has 0 aromatic heterocycles. The van der Waals surface area contributed by atoms with E-state index in [1.807, 2.05) is 6.08 Å². The lowest BCUT2D eigenvalue weighted by Crippen LogP contribution is -2.36. The lowest BCUT2D eigenvalue weighted by molar-refractivity contribution is -0.153. The number of hydrogen-bond acceptors (Lipinski definition) is 1. The fraction of sp³-hybridized carbons (Fsp3) is 0.800. The first-order chi connectivity index (χ1) is 8.19. The normalized spacial score (nSPS) is 35.1. The van der Waals surface area contributed by atoms with Crippen LogP contribution in [-0.4, -0.2) is 11.1 Å². The summed E-state index contributed by atoms with van der Waals surface area (Å²) in [6.45, 7) is 3.71. The van der Waals surface area contributed by atoms with Gasteiger partial charge in [0.15, 0.2) is 0 Å². The molecule has 2 heteroatoms. The van der Waals surface area contributed by atoms with Crippen LogP contribution in [0.5, 0.6) is 0 Å². The maximum atomic E-state index is 11.6. The lowest BCUT2D eigenvalue weighted by atomic mass is 9.70. The quantitative estimate of drug-likeness (QED) is 0.535. The molecule has 0 spiro atoms. The van der Waals surface area contributed by atoms with Crippen molar-refractivity contribution in [3.8, 4) is 0 Å². The number of fused-ring (bicyclic) bond motifs is 2. The average molecular weight is 236 g/mol. The van der Waals surface area contributed by atoms with Gasteiger partial charge in [-0.1, -0.05) is 25.3 Å². The van der Waals surface area contributed by atoms with Crippen LogP contribution in [0.2, 0.25) is 0 Å². The van der Waals surface area contributed by atoms with Gasteiger partial charge in [-0.3, -0.25) is 4.79 Å². The number of carboxylic acid groups (broad SMARTS) is 1. The number of unbranched alkanes of at least 4 members (excludes halogenated alkanes) is 3. The number of allylic oxidation sites excluding steroid dienone is 1. The van der Waals surface area contributed by atoms with Crippen LogP contribution in [0.1, 0.15) is 57.8 Å². The summed E-state index contributed by atoms with van der Waals surface area (Å²) in [6.07, 6.45) is 11.9. The van der Waals surface area contributed by atoms with E-state index >= 15 is 0 Å². The molecule has 2 bridgehead atoms. The highest BCUT2D eigenvalue weighted by atomic mass is 16.4. The smallest absolute Gasteiger partial charge is 0.309 e. The van der Waals surface area contributed by atoms with Crippen LogP contribution in [0.4, 0.5) is 0 Å². The summed E-state index contributed by atoms with van der Waals surface area (Å²) in [4.78, 5) is 11.6. The van der Waals surface area contributed by atoms with E-state index in [0.29, 0.717) is 11.8 Å². The zero-order chi connectivity index (χ0) is 12.3. The van der Waals surface area contributed by atoms with E-state index in [2.05, 4.69) is 6.58 Å². The summed E-state index contributed by atoms with van der Waals surface area (Å²) in [5, 5.41) is 9.57. The van der Waals surface area contributed by atoms with E-state index in [1.54, 1.807) is 0 Å². The highest BCUT2D eigenvalue weighted by molar-refractivity contribution is 5.75. The molecular formula is C15H24O2. The Morgan fingerprint density at radius 2 is 2.18 bits per heavy atom. The highest BCUT2D eigenvalue weighted by Crippen LogP contribution is 2.58. The van der Waals surface area contributed by atoms with Crippen molar-refractivity contribution in [2.75, 3.05) is 0 Å². The third-order valence-corrected chi connectivity index (χ3v) is 4.93. The van der Waals surface area contributed by atoms with Crippen LogP contribution in [0.3, 0.4) is 0 Å². The molecule has 2 rings (SSSR count). The van der Waals surface area contributed by atoms with Gasteiger partial charge in [-0.25, -0.2) is 0 Å². The van der Waals surface area contributed by atoms with Crippen molar-refractivity contribution < 1.29 is 9.90 Å². The van der Waals surface area contributed by atoms with Gasteiger partial charge in [-0.15, -0.1) is 6.58 Å². The first kappa shape index (κ1) is 12.7. The molecule has 2 aliphatic rings. The summed E-state index contributed by atoms with van der Waals surface area (Å²) >= 11 is 0. The zero-order valence-electron chi connectivity index (χ0n) is 10.7. The molecule has 0 radical (unpaired) electrons. The molecule has 0 saturated heterocycles. The molecule has 0 aromatic carbocycles. The van der Waals surface area contributed by atoms with Crippen LogP contribution in [0.15, 0.2) is 12.7 Å². The fourth-order valence-corrected chi connectivity index (χ4v) is 4.02. The monoisotopic (exact) mass is 236 g/mol. The van der Waals surface area contributed by atoms with Crippen molar-refractivity contribution in [2.45, 2.75) is 57.8 Å². The summed E-state index contributed by atoms with van der Waals surface area (Å²) < 4.78 is 0. The predicted molar refractivity (Wildman–Crippen MR) is 68.8 cm³/mol. The molecule has 1 N–H and O–H groups in total. The maximum Gasteiger partial charge on any atom is 0.309 e. The van der Waals surface area contributed by atoms with E-state index in [-0.39, 0.29) is 5.41 Å². The number of carboxylic acids is 1. The van der Waals surface area contributed by atoms with Crippen molar-refractivity contribution in [2.24, 2.45) is 17.3 Å². The number of rotatable bonds is 7. The van der Waals surface area contributed by atoms with E-state index in [0.717, 1.165) is 44.9 Å². The van der Waals surface area contributed by atoms with Crippen LogP contribution >= 0.6 is 0 Å². The Kier molecular flexibility index (Phi) is 3.90. The van der Waals surface area contributed by atoms with Gasteiger partial charge in [0.2, 0.25) is 0 Å². The number of hydrogen-bond donors (Lipinski definition) is 1. The van der Waals surface area contributed by atoms with Gasteiger partial charge >= 0.3 is 5.97 Å². The van der Waals surface area contributed by atoms with E-state index in [1.165, 1.54) is 12.8 Å². The van der Waals surface area contributed by atoms with Crippen LogP contribution in [0.25, 0.3) is 0 Å². The second-order valence-corrected chi connectivity index (χ2v) is 5.93. The molecule has 0 amide bonds. The molecule has 0 heterocycles. The van der Waals surface area contributed by atoms with Crippen molar-refractivity contribution in [1.82, 2.24) is 0 Å². The van der Waals surface area contributed by atoms with Crippen molar-refractivity contribution in [3.63, 3.8) is 0 Å². The minimum Gasteiger partial charge on any atom is -0.481 e. The van der Waals surface area contributed by atoms with Crippen molar-refractivity contribution >= 4 is 5.97 Å². The van der Waals surface area contributed by atoms with E-state index in [4.69, 9.17) is 0 Å². The first-order valence-corrected chi connectivity index (χ1v) is 7.03. The standard InChI is InChI=1S/C15H24O2/c1-2-3-4-5-6-9-15(14(16)17)11-12-7-8-13(15)10-12/h2,12-13H,1,3-11H2,(H,16,17). The molecule has 2 aliphatic carbocycles. The molecule has 2 fully saturated rings. The summed E-state index contributed by atoms with van der Waals surface area (Å²) in [6, 6.07) is 0. The predicted octanol–water partition coefficient (Wildman–Crippen LogP) is 4.01. The Hall–Kier alpha value is -0.790. The third kappa shape index (κ3) is 2.41. The molecule has 3 atom stereocenters. The van der Waals surface area contributed by atoms with Crippen LogP contribution in [0, 0.1) is 17.3 Å². The summed E-state index contributed by atoms with van der Waals surface area (Å²) in [5.41, 5.74) is -0.350. The van der Waals surface area contributed by atoms with E-state index in [9.17, 15) is 9.90 Å². The highest BCUT2D eigenvalue weighted by Gasteiger charge is 2.54. The van der Waals surface area contributed by atoms with Crippen LogP contribution in [-0.2, 0) is 4.79 Å². The van der Waals surface area contributed by atoms with Gasteiger partial charge in [0, 0.05) is 0 Å². The number of carbonyl (C=O) groups is 1. The fourth-order valence-electron chi connectivity index (χ4n) is 4.02. The second kappa shape index (κ2) is 5.24. The SMILES string of the molecule is C=CCCCCCC1(C(=O)O)CC2CCC1C2. The van der Waals surface area contributed by atoms with Crippen LogP contribution < -0.4 is 0 Å². The minimum absolute atomic E-state index is 0.350. The Labute approximate surface area is 104 Å². The van der Waals surface area contributed by atoms with E-state index < -0.39 is 5.97 Å². The largest absolute Gasteiger partial charge is 0.481 e. The van der Waals surface area contributed by atoms with Gasteiger partial charge in [0.25, 0.3) is 0 Å². The summed E-state index contributed by atoms with van der Waals surface area (Å²) in [5.74, 6) is 0.669. The Morgan fingerprint density at radius 1 is 1.35 bits per heavy atom. The third-order valence-electron chi connectivity index (χ3n) is 4.93. The Bertz CT molecular complexity index is 297. The molecule has 2 saturated carbocycles. The minimum atomic E-state index is -0.520. The van der Waals surface area contributed by atoms with Gasteiger partial charge in [-0.2, -0.15) is 0 Å². The Morgan fingerprint density at radius 3 is 2.71 bits per heavy atom. The topological polar surface area (TPSA) is 37.3 Å². The molecule has 17 heavy (non-hydrogen) atoms. The molecule has 96 valence electrons. The average Bonchev–Trinajstić information content (AvgIpc) is 2.89. The molecular weight excluding hydrogens is 212 g/mol. The number of aliphatic carboxylic acids is 1. The second-order valence-electron chi connectivity index (χ2n) is 5.93. The van der Waals surface area contributed by atoms with Crippen molar-refractivity contribution in [3.05, 3.63) is 12.7 Å². The molecule has 0 aliphatic heterocycles. The van der Waals surface area contributed by atoms with Gasteiger partial charge in [0.05, 0.1) is 5.41 Å². The van der Waals surface area contributed by atoms with Gasteiger partial charge < -0.3 is 5.11 Å². The first-order valence-electron chi connectivity index (χ1n) is 7.03. The van der Waals surface area contributed by atoms with Gasteiger partial charge in [0.1, 0.15) is 0 Å². The molecule has 3 unspecified atom stereocenters. The summed E-state index contributed by atoms with van der Waals surface area (Å²) in [7, 11) is 0. The van der Waals surface area contributed by atoms with Crippen molar-refractivity contribution in [1.29, 1.82) is 0 Å². The maximum absolute atomic E-state index is 11.6. The van der Waals surface area contributed by atoms with Gasteiger partial charge in [-0.05, 0) is 50.4 Å². The molecule has 0 aromatic rings. The lowest BCUT2D eigenvalue weighted by Gasteiger charge is -2.33. The molecule has 2 nitrogen and oxygen atoms in total. The Balaban J connectivity index is 1.86.